The molecule has 1 aliphatic heterocycles. The first-order valence-corrected chi connectivity index (χ1v) is 10.8. The molecule has 1 aliphatic rings. The molecular weight excluding hydrogens is 384 g/mol. The van der Waals surface area contributed by atoms with Crippen LogP contribution in [0, 0.1) is 13.8 Å². The first kappa shape index (κ1) is 19.9. The van der Waals surface area contributed by atoms with Crippen LogP contribution < -0.4 is 0 Å². The number of thiazole rings is 1. The van der Waals surface area contributed by atoms with Gasteiger partial charge in [0.15, 0.2) is 11.6 Å². The second-order valence-electron chi connectivity index (χ2n) is 7.73. The van der Waals surface area contributed by atoms with Crippen molar-refractivity contribution in [3.63, 3.8) is 0 Å². The third-order valence-corrected chi connectivity index (χ3v) is 6.62. The smallest absolute Gasteiger partial charge is 0.193 e. The van der Waals surface area contributed by atoms with Gasteiger partial charge in [-0.3, -0.25) is 19.4 Å². The number of fused-ring (bicyclic) bond motifs is 1. The predicted molar refractivity (Wildman–Crippen MR) is 116 cm³/mol. The van der Waals surface area contributed by atoms with Crippen molar-refractivity contribution in [2.45, 2.75) is 27.3 Å². The number of carbonyl (C=O) groups is 2. The van der Waals surface area contributed by atoms with E-state index in [0.29, 0.717) is 17.8 Å². The summed E-state index contributed by atoms with van der Waals surface area (Å²) in [7, 11) is 0. The number of hydrogen-bond acceptors (Lipinski definition) is 6. The Kier molecular flexibility index (Phi) is 5.63. The van der Waals surface area contributed by atoms with E-state index in [1.807, 2.05) is 26.0 Å². The molecule has 0 unspecified atom stereocenters. The first-order chi connectivity index (χ1) is 13.9. The number of hydrogen-bond donors (Lipinski definition) is 1. The number of nitrogens with zero attached hydrogens (tertiary/aromatic N) is 3. The zero-order valence-corrected chi connectivity index (χ0v) is 17.9. The van der Waals surface area contributed by atoms with Crippen LogP contribution in [0.5, 0.6) is 0 Å². The number of carbonyl (C=O) groups excluding carboxylic acids is 2. The molecule has 29 heavy (non-hydrogen) atoms. The molecule has 1 fully saturated rings. The van der Waals surface area contributed by atoms with Crippen molar-refractivity contribution in [1.82, 2.24) is 19.8 Å². The minimum Gasteiger partial charge on any atom is -0.355 e. The summed E-state index contributed by atoms with van der Waals surface area (Å²) in [5.41, 5.74) is 3.84. The number of para-hydroxylation sites is 1. The minimum absolute atomic E-state index is 0.00115. The summed E-state index contributed by atoms with van der Waals surface area (Å²) in [5, 5.41) is 1.14. The molecule has 0 radical (unpaired) electrons. The van der Waals surface area contributed by atoms with E-state index in [4.69, 9.17) is 4.98 Å². The van der Waals surface area contributed by atoms with Crippen LogP contribution >= 0.6 is 11.3 Å². The highest BCUT2D eigenvalue weighted by Crippen LogP contribution is 2.23. The number of aromatic amines is 1. The minimum atomic E-state index is -0.00115. The van der Waals surface area contributed by atoms with Gasteiger partial charge in [0.2, 0.25) is 0 Å². The van der Waals surface area contributed by atoms with E-state index in [0.717, 1.165) is 54.5 Å². The van der Waals surface area contributed by atoms with E-state index < -0.39 is 0 Å². The Morgan fingerprint density at radius 2 is 1.79 bits per heavy atom. The topological polar surface area (TPSA) is 69.3 Å². The van der Waals surface area contributed by atoms with Crippen LogP contribution in [0.25, 0.3) is 10.2 Å². The third kappa shape index (κ3) is 4.17. The number of piperazine rings is 1. The van der Waals surface area contributed by atoms with E-state index in [1.54, 1.807) is 18.3 Å². The molecule has 2 aromatic heterocycles. The zero-order valence-electron chi connectivity index (χ0n) is 17.1. The van der Waals surface area contributed by atoms with Gasteiger partial charge >= 0.3 is 0 Å². The Balaban J connectivity index is 1.33. The Bertz CT molecular complexity index is 1030. The molecule has 0 bridgehead atoms. The van der Waals surface area contributed by atoms with Crippen molar-refractivity contribution in [1.29, 1.82) is 0 Å². The molecule has 0 spiro atoms. The number of ketones is 2. The van der Waals surface area contributed by atoms with E-state index >= 15 is 0 Å². The van der Waals surface area contributed by atoms with Gasteiger partial charge in [0.05, 0.1) is 29.0 Å². The first-order valence-electron chi connectivity index (χ1n) is 9.95. The van der Waals surface area contributed by atoms with Gasteiger partial charge in [-0.15, -0.1) is 11.3 Å². The average Bonchev–Trinajstić information content (AvgIpc) is 3.22. The highest BCUT2D eigenvalue weighted by atomic mass is 32.1. The molecular formula is C22H26N4O2S. The fraction of sp³-hybridized carbons (Fsp3) is 0.409. The maximum atomic E-state index is 12.8. The lowest BCUT2D eigenvalue weighted by Gasteiger charge is -2.33. The van der Waals surface area contributed by atoms with Gasteiger partial charge in [-0.05, 0) is 38.5 Å². The number of aryl methyl sites for hydroxylation is 1. The van der Waals surface area contributed by atoms with Gasteiger partial charge in [-0.1, -0.05) is 12.1 Å². The summed E-state index contributed by atoms with van der Waals surface area (Å²) in [4.78, 5) is 37.0. The van der Waals surface area contributed by atoms with Crippen LogP contribution in [0.1, 0.15) is 44.0 Å². The Morgan fingerprint density at radius 1 is 1.10 bits per heavy atom. The lowest BCUT2D eigenvalue weighted by atomic mass is 10.1. The van der Waals surface area contributed by atoms with Crippen molar-refractivity contribution in [2.24, 2.45) is 0 Å². The number of Topliss-reactive ketones (excluding diaryl/α,β-unsaturated/α-hetero) is 2. The molecule has 1 N–H and O–H groups in total. The summed E-state index contributed by atoms with van der Waals surface area (Å²) in [6.07, 6.45) is 0. The van der Waals surface area contributed by atoms with Crippen molar-refractivity contribution in [2.75, 3.05) is 32.7 Å². The molecule has 6 nitrogen and oxygen atoms in total. The van der Waals surface area contributed by atoms with Gasteiger partial charge in [-0.25, -0.2) is 4.98 Å². The summed E-state index contributed by atoms with van der Waals surface area (Å²) in [6.45, 7) is 10.0. The second kappa shape index (κ2) is 8.18. The van der Waals surface area contributed by atoms with Crippen molar-refractivity contribution in [3.8, 4) is 0 Å². The van der Waals surface area contributed by atoms with E-state index in [2.05, 4.69) is 26.9 Å². The SMILES string of the molecule is CC(=O)c1c(C)[nH]c(C(=O)CN2CCN(Cc3nc4ccccc4s3)CC2)c1C. The molecule has 3 heterocycles. The van der Waals surface area contributed by atoms with Crippen LogP contribution in [-0.4, -0.2) is 64.1 Å². The summed E-state index contributed by atoms with van der Waals surface area (Å²) in [5.74, 6) is 0.0523. The van der Waals surface area contributed by atoms with Gasteiger partial charge in [0, 0.05) is 37.4 Å². The summed E-state index contributed by atoms with van der Waals surface area (Å²) >= 11 is 1.76. The van der Waals surface area contributed by atoms with Gasteiger partial charge in [0.25, 0.3) is 0 Å². The Labute approximate surface area is 174 Å². The average molecular weight is 411 g/mol. The molecule has 0 amide bonds. The van der Waals surface area contributed by atoms with Crippen LogP contribution in [0.4, 0.5) is 0 Å². The standard InChI is InChI=1S/C22H26N4O2S/c1-14-21(16(3)27)15(2)23-22(14)18(28)12-25-8-10-26(11-9-25)13-20-24-17-6-4-5-7-19(17)29-20/h4-7,23H,8-13H2,1-3H3. The van der Waals surface area contributed by atoms with Crippen molar-refractivity contribution < 1.29 is 9.59 Å². The number of rotatable bonds is 6. The molecule has 152 valence electrons. The largest absolute Gasteiger partial charge is 0.355 e. The molecule has 3 aromatic rings. The molecule has 0 atom stereocenters. The van der Waals surface area contributed by atoms with Crippen LogP contribution in [-0.2, 0) is 6.54 Å². The highest BCUT2D eigenvalue weighted by Gasteiger charge is 2.24. The number of benzene rings is 1. The van der Waals surface area contributed by atoms with Crippen LogP contribution in [0.15, 0.2) is 24.3 Å². The molecule has 1 aromatic carbocycles. The quantitative estimate of drug-likeness (QED) is 0.631. The lowest BCUT2D eigenvalue weighted by Crippen LogP contribution is -2.47. The lowest BCUT2D eigenvalue weighted by molar-refractivity contribution is 0.0839. The fourth-order valence-electron chi connectivity index (χ4n) is 4.12. The van der Waals surface area contributed by atoms with Crippen molar-refractivity contribution >= 4 is 33.1 Å². The van der Waals surface area contributed by atoms with Gasteiger partial charge < -0.3 is 4.98 Å². The molecule has 7 heteroatoms. The number of nitrogens with one attached hydrogen (secondary N) is 1. The van der Waals surface area contributed by atoms with Gasteiger partial charge in [0.1, 0.15) is 5.01 Å². The molecule has 0 aliphatic carbocycles. The second-order valence-corrected chi connectivity index (χ2v) is 8.85. The monoisotopic (exact) mass is 410 g/mol. The summed E-state index contributed by atoms with van der Waals surface area (Å²) < 4.78 is 1.23. The normalized spacial score (nSPS) is 15.8. The predicted octanol–water partition coefficient (Wildman–Crippen LogP) is 3.44. The number of H-pyrrole nitrogens is 1. The third-order valence-electron chi connectivity index (χ3n) is 5.60. The van der Waals surface area contributed by atoms with E-state index in [9.17, 15) is 9.59 Å². The Morgan fingerprint density at radius 3 is 2.45 bits per heavy atom. The molecule has 1 saturated heterocycles. The van der Waals surface area contributed by atoms with Crippen molar-refractivity contribution in [3.05, 3.63) is 51.8 Å². The molecule has 0 saturated carbocycles. The van der Waals surface area contributed by atoms with Crippen LogP contribution in [0.3, 0.4) is 0 Å². The van der Waals surface area contributed by atoms with E-state index in [-0.39, 0.29) is 11.6 Å². The fourth-order valence-corrected chi connectivity index (χ4v) is 5.13. The molecule has 4 rings (SSSR count). The maximum Gasteiger partial charge on any atom is 0.193 e. The van der Waals surface area contributed by atoms with Crippen LogP contribution in [0.2, 0.25) is 0 Å². The van der Waals surface area contributed by atoms with Gasteiger partial charge in [-0.2, -0.15) is 0 Å². The highest BCUT2D eigenvalue weighted by molar-refractivity contribution is 7.18. The number of aromatic nitrogens is 2. The summed E-state index contributed by atoms with van der Waals surface area (Å²) in [6, 6.07) is 8.24. The maximum absolute atomic E-state index is 12.8. The zero-order chi connectivity index (χ0) is 20.5. The van der Waals surface area contributed by atoms with E-state index in [1.165, 1.54) is 4.70 Å². The Hall–Kier alpha value is -2.35.